The fourth-order valence-corrected chi connectivity index (χ4v) is 3.18. The lowest BCUT2D eigenvalue weighted by Gasteiger charge is -2.20. The van der Waals surface area contributed by atoms with Crippen molar-refractivity contribution >= 4 is 5.96 Å². The second kappa shape index (κ2) is 12.8. The fourth-order valence-electron chi connectivity index (χ4n) is 3.18. The first-order valence-electron chi connectivity index (χ1n) is 10.5. The first-order valence-corrected chi connectivity index (χ1v) is 10.5. The molecule has 7 heteroatoms. The number of pyridine rings is 1. The van der Waals surface area contributed by atoms with Gasteiger partial charge >= 0.3 is 0 Å². The Morgan fingerprint density at radius 2 is 2.07 bits per heavy atom. The van der Waals surface area contributed by atoms with Gasteiger partial charge in [0.25, 0.3) is 0 Å². The maximum atomic E-state index is 13.4. The van der Waals surface area contributed by atoms with Crippen molar-refractivity contribution in [3.05, 3.63) is 54.0 Å². The predicted molar refractivity (Wildman–Crippen MR) is 118 cm³/mol. The second-order valence-corrected chi connectivity index (χ2v) is 7.61. The van der Waals surface area contributed by atoms with Gasteiger partial charge in [-0.15, -0.1) is 0 Å². The number of ether oxygens (including phenoxy) is 1. The van der Waals surface area contributed by atoms with Crippen molar-refractivity contribution in [3.8, 4) is 11.6 Å². The van der Waals surface area contributed by atoms with Gasteiger partial charge in [0.2, 0.25) is 5.88 Å². The molecule has 0 saturated carbocycles. The maximum Gasteiger partial charge on any atom is 0.224 e. The number of aliphatic hydroxyl groups excluding tert-OH is 1. The zero-order chi connectivity index (χ0) is 21.8. The summed E-state index contributed by atoms with van der Waals surface area (Å²) in [6.45, 7) is 8.41. The Morgan fingerprint density at radius 3 is 2.77 bits per heavy atom. The van der Waals surface area contributed by atoms with E-state index in [1.807, 2.05) is 19.1 Å². The molecule has 0 radical (unpaired) electrons. The Morgan fingerprint density at radius 1 is 1.23 bits per heavy atom. The lowest BCUT2D eigenvalue weighted by Crippen LogP contribution is -2.40. The number of hydrogen-bond acceptors (Lipinski definition) is 4. The number of hydrogen-bond donors (Lipinski definition) is 3. The number of aliphatic hydroxyl groups is 1. The van der Waals surface area contributed by atoms with Crippen LogP contribution in [0.4, 0.5) is 4.39 Å². The van der Waals surface area contributed by atoms with E-state index in [9.17, 15) is 9.50 Å². The Kier molecular flexibility index (Phi) is 10.1. The van der Waals surface area contributed by atoms with Gasteiger partial charge in [-0.2, -0.15) is 0 Å². The fraction of sp³-hybridized carbons (Fsp3) is 0.478. The topological polar surface area (TPSA) is 78.8 Å². The quantitative estimate of drug-likeness (QED) is 0.379. The second-order valence-electron chi connectivity index (χ2n) is 7.61. The van der Waals surface area contributed by atoms with E-state index < -0.39 is 0 Å². The molecule has 6 nitrogen and oxygen atoms in total. The third-order valence-corrected chi connectivity index (χ3v) is 4.51. The van der Waals surface area contributed by atoms with Gasteiger partial charge in [-0.1, -0.05) is 26.0 Å². The Hall–Kier alpha value is -2.67. The van der Waals surface area contributed by atoms with Crippen LogP contribution in [0.2, 0.25) is 0 Å². The highest BCUT2D eigenvalue weighted by Crippen LogP contribution is 2.24. The molecule has 2 aromatic rings. The highest BCUT2D eigenvalue weighted by atomic mass is 19.1. The van der Waals surface area contributed by atoms with E-state index >= 15 is 0 Å². The number of aliphatic imine (C=N–C) groups is 1. The van der Waals surface area contributed by atoms with Crippen LogP contribution in [0.15, 0.2) is 47.6 Å². The SMILES string of the molecule is CCNC(=NCc1cccnc1Oc1cccc(F)c1)NCC(CCO)CC(C)C. The van der Waals surface area contributed by atoms with Gasteiger partial charge in [0.1, 0.15) is 11.6 Å². The third kappa shape index (κ3) is 8.37. The average molecular weight is 417 g/mol. The van der Waals surface area contributed by atoms with E-state index in [-0.39, 0.29) is 12.4 Å². The summed E-state index contributed by atoms with van der Waals surface area (Å²) < 4.78 is 19.2. The van der Waals surface area contributed by atoms with Gasteiger partial charge in [0.15, 0.2) is 5.96 Å². The van der Waals surface area contributed by atoms with Gasteiger partial charge in [-0.05, 0) is 49.8 Å². The van der Waals surface area contributed by atoms with E-state index in [0.717, 1.165) is 31.5 Å². The zero-order valence-corrected chi connectivity index (χ0v) is 18.1. The van der Waals surface area contributed by atoms with Gasteiger partial charge in [0.05, 0.1) is 6.54 Å². The van der Waals surface area contributed by atoms with Crippen LogP contribution in [0.5, 0.6) is 11.6 Å². The summed E-state index contributed by atoms with van der Waals surface area (Å²) in [5.74, 6) is 2.08. The normalized spacial score (nSPS) is 12.7. The molecule has 2 rings (SSSR count). The highest BCUT2D eigenvalue weighted by Gasteiger charge is 2.12. The van der Waals surface area contributed by atoms with Gasteiger partial charge in [-0.3, -0.25) is 0 Å². The zero-order valence-electron chi connectivity index (χ0n) is 18.1. The van der Waals surface area contributed by atoms with Crippen molar-refractivity contribution in [3.63, 3.8) is 0 Å². The number of benzene rings is 1. The van der Waals surface area contributed by atoms with Crippen LogP contribution in [0, 0.1) is 17.7 Å². The van der Waals surface area contributed by atoms with Crippen LogP contribution in [0.1, 0.15) is 39.2 Å². The molecule has 30 heavy (non-hydrogen) atoms. The van der Waals surface area contributed by atoms with Crippen LogP contribution in [0.3, 0.4) is 0 Å². The molecule has 0 aliphatic rings. The summed E-state index contributed by atoms with van der Waals surface area (Å²) in [6, 6.07) is 9.69. The van der Waals surface area contributed by atoms with Crippen LogP contribution in [0.25, 0.3) is 0 Å². The summed E-state index contributed by atoms with van der Waals surface area (Å²) >= 11 is 0. The van der Waals surface area contributed by atoms with Crippen LogP contribution >= 0.6 is 0 Å². The van der Waals surface area contributed by atoms with Crippen LogP contribution < -0.4 is 15.4 Å². The Balaban J connectivity index is 2.06. The molecule has 0 aliphatic carbocycles. The number of guanidine groups is 1. The molecular weight excluding hydrogens is 383 g/mol. The molecule has 1 heterocycles. The van der Waals surface area contributed by atoms with Gasteiger partial charge in [-0.25, -0.2) is 14.4 Å². The molecule has 0 amide bonds. The smallest absolute Gasteiger partial charge is 0.224 e. The Labute approximate surface area is 178 Å². The molecule has 1 atom stereocenters. The maximum absolute atomic E-state index is 13.4. The number of rotatable bonds is 11. The number of nitrogens with one attached hydrogen (secondary N) is 2. The van der Waals surface area contributed by atoms with Crippen LogP contribution in [-0.4, -0.2) is 35.7 Å². The first kappa shape index (κ1) is 23.6. The largest absolute Gasteiger partial charge is 0.439 e. The first-order chi connectivity index (χ1) is 14.5. The number of aromatic nitrogens is 1. The average Bonchev–Trinajstić information content (AvgIpc) is 2.70. The van der Waals surface area contributed by atoms with E-state index in [1.54, 1.807) is 18.3 Å². The van der Waals surface area contributed by atoms with Crippen molar-refractivity contribution in [2.75, 3.05) is 19.7 Å². The summed E-state index contributed by atoms with van der Waals surface area (Å²) in [7, 11) is 0. The van der Waals surface area contributed by atoms with E-state index in [1.165, 1.54) is 12.1 Å². The molecule has 164 valence electrons. The molecule has 3 N–H and O–H groups in total. The van der Waals surface area contributed by atoms with Gasteiger partial charge in [0, 0.05) is 37.5 Å². The predicted octanol–water partition coefficient (Wildman–Crippen LogP) is 4.11. The lowest BCUT2D eigenvalue weighted by atomic mass is 9.94. The highest BCUT2D eigenvalue weighted by molar-refractivity contribution is 5.79. The van der Waals surface area contributed by atoms with E-state index in [0.29, 0.717) is 36.0 Å². The summed E-state index contributed by atoms with van der Waals surface area (Å²) in [5, 5.41) is 15.9. The monoisotopic (exact) mass is 416 g/mol. The van der Waals surface area contributed by atoms with Crippen molar-refractivity contribution in [1.82, 2.24) is 15.6 Å². The standard InChI is InChI=1S/C23H33FN4O2/c1-4-25-23(27-15-18(10-12-29)13-17(2)3)28-16-19-7-6-11-26-22(19)30-21-9-5-8-20(24)14-21/h5-9,11,14,17-18,29H,4,10,12-13,15-16H2,1-3H3,(H2,25,27,28). The minimum absolute atomic E-state index is 0.184. The minimum atomic E-state index is -0.361. The number of halogens is 1. The van der Waals surface area contributed by atoms with Crippen molar-refractivity contribution < 1.29 is 14.2 Å². The van der Waals surface area contributed by atoms with E-state index in [4.69, 9.17) is 4.74 Å². The molecule has 1 unspecified atom stereocenters. The van der Waals surface area contributed by atoms with Crippen molar-refractivity contribution in [2.45, 2.75) is 40.2 Å². The van der Waals surface area contributed by atoms with E-state index in [2.05, 4.69) is 34.5 Å². The molecular formula is C23H33FN4O2. The van der Waals surface area contributed by atoms with Crippen molar-refractivity contribution in [1.29, 1.82) is 0 Å². The molecule has 1 aromatic carbocycles. The summed E-state index contributed by atoms with van der Waals surface area (Å²) in [4.78, 5) is 8.93. The molecule has 0 fully saturated rings. The molecule has 1 aromatic heterocycles. The van der Waals surface area contributed by atoms with Gasteiger partial charge < -0.3 is 20.5 Å². The summed E-state index contributed by atoms with van der Waals surface area (Å²) in [6.07, 6.45) is 3.44. The summed E-state index contributed by atoms with van der Waals surface area (Å²) in [5.41, 5.74) is 0.799. The molecule has 0 saturated heterocycles. The Bertz CT molecular complexity index is 798. The number of nitrogens with zero attached hydrogens (tertiary/aromatic N) is 2. The molecule has 0 bridgehead atoms. The molecule has 0 aliphatic heterocycles. The van der Waals surface area contributed by atoms with Crippen LogP contribution in [-0.2, 0) is 6.54 Å². The lowest BCUT2D eigenvalue weighted by molar-refractivity contribution is 0.243. The molecule has 0 spiro atoms. The van der Waals surface area contributed by atoms with Crippen molar-refractivity contribution in [2.24, 2.45) is 16.8 Å². The minimum Gasteiger partial charge on any atom is -0.439 e. The third-order valence-electron chi connectivity index (χ3n) is 4.51.